The van der Waals surface area contributed by atoms with Gasteiger partial charge in [-0.15, -0.1) is 58.8 Å². The predicted molar refractivity (Wildman–Crippen MR) is 400 cm³/mol. The van der Waals surface area contributed by atoms with E-state index in [2.05, 4.69) is 51.3 Å². The van der Waals surface area contributed by atoms with E-state index in [1.165, 1.54) is 23.0 Å². The van der Waals surface area contributed by atoms with Gasteiger partial charge in [0.25, 0.3) is 0 Å². The number of carbonyl (C=O) groups excluding carboxylic acids is 5. The Bertz CT molecular complexity index is 3630. The lowest BCUT2D eigenvalue weighted by Crippen LogP contribution is -2.47. The molecule has 0 spiro atoms. The minimum atomic E-state index is -1.21. The SMILES string of the molecule is CC(C)(C)OC(=O)N1CCC(O)(C#Cc2ccccc2F)CC1.Cc1ccccc1C#CC1(O)CCN(C(=O)OC(C)(C)C)CC1.Cl.Cl.O=C(CC1CCNCC1)c1sccc1Cl.O=C(Cc1ccsc1F)C1=CCN(Cc2ccccc2)CC1.O=C(Cc1ccsc1F)C1CCNCC1. The molecule has 542 valence electrons. The molecule has 0 unspecified atom stereocenters. The number of likely N-dealkylation sites (tertiary alicyclic amines) is 2. The highest BCUT2D eigenvalue weighted by Crippen LogP contribution is 2.29. The fourth-order valence-electron chi connectivity index (χ4n) is 11.2. The first-order valence-corrected chi connectivity index (χ1v) is 36.5. The topological polar surface area (TPSA) is 178 Å². The zero-order chi connectivity index (χ0) is 70.9. The van der Waals surface area contributed by atoms with Crippen molar-refractivity contribution >= 4 is 100.0 Å². The number of nitrogens with one attached hydrogen (secondary N) is 2. The van der Waals surface area contributed by atoms with E-state index < -0.39 is 28.2 Å². The Balaban J connectivity index is 0.000000227. The van der Waals surface area contributed by atoms with Crippen LogP contribution in [0.15, 0.2) is 125 Å². The summed E-state index contributed by atoms with van der Waals surface area (Å²) in [4.78, 5) is 66.2. The van der Waals surface area contributed by atoms with Crippen LogP contribution in [-0.4, -0.2) is 142 Å². The van der Waals surface area contributed by atoms with Crippen LogP contribution in [0.25, 0.3) is 0 Å². The van der Waals surface area contributed by atoms with Gasteiger partial charge in [-0.3, -0.25) is 19.3 Å². The van der Waals surface area contributed by atoms with Gasteiger partial charge in [-0.2, -0.15) is 8.78 Å². The van der Waals surface area contributed by atoms with Gasteiger partial charge in [0.1, 0.15) is 34.0 Å². The van der Waals surface area contributed by atoms with Gasteiger partial charge >= 0.3 is 12.2 Å². The molecule has 23 heteroatoms. The first kappa shape index (κ1) is 84.3. The van der Waals surface area contributed by atoms with Crippen LogP contribution in [0.1, 0.15) is 149 Å². The number of piperidine rings is 4. The second-order valence-electron chi connectivity index (χ2n) is 27.1. The van der Waals surface area contributed by atoms with Crippen LogP contribution in [0, 0.1) is 58.5 Å². The molecule has 4 saturated heterocycles. The Hall–Kier alpha value is -6.37. The summed E-state index contributed by atoms with van der Waals surface area (Å²) in [5.41, 5.74) is 2.18. The van der Waals surface area contributed by atoms with Gasteiger partial charge in [0.05, 0.1) is 15.5 Å². The van der Waals surface area contributed by atoms with Crippen LogP contribution in [0.3, 0.4) is 0 Å². The summed E-state index contributed by atoms with van der Waals surface area (Å²) < 4.78 is 50.8. The Morgan fingerprint density at radius 3 is 1.56 bits per heavy atom. The molecule has 100 heavy (non-hydrogen) atoms. The van der Waals surface area contributed by atoms with Crippen molar-refractivity contribution in [2.24, 2.45) is 11.8 Å². The molecule has 0 aliphatic carbocycles. The van der Waals surface area contributed by atoms with Crippen molar-refractivity contribution in [3.05, 3.63) is 184 Å². The second kappa shape index (κ2) is 41.1. The van der Waals surface area contributed by atoms with Gasteiger partial charge in [-0.25, -0.2) is 14.0 Å². The average Bonchev–Trinajstić information content (AvgIpc) is 1.32. The third-order valence-corrected chi connectivity index (χ3v) is 19.8. The number of hydrogen-bond acceptors (Lipinski definition) is 15. The van der Waals surface area contributed by atoms with E-state index in [0.29, 0.717) is 80.4 Å². The summed E-state index contributed by atoms with van der Waals surface area (Å²) in [6.07, 6.45) is 8.63. The van der Waals surface area contributed by atoms with E-state index in [9.17, 15) is 47.4 Å². The fourth-order valence-corrected chi connectivity index (χ4v) is 13.6. The maximum absolute atomic E-state index is 13.5. The van der Waals surface area contributed by atoms with Gasteiger partial charge in [0.2, 0.25) is 0 Å². The molecule has 8 heterocycles. The number of aliphatic hydroxyl groups is 2. The Kier molecular flexibility index (Phi) is 34.6. The summed E-state index contributed by atoms with van der Waals surface area (Å²) in [6.45, 7) is 21.0. The van der Waals surface area contributed by atoms with Crippen molar-refractivity contribution < 1.29 is 56.8 Å². The van der Waals surface area contributed by atoms with Gasteiger partial charge in [0, 0.05) is 113 Å². The summed E-state index contributed by atoms with van der Waals surface area (Å²) >= 11 is 9.49. The highest BCUT2D eigenvalue weighted by molar-refractivity contribution is 7.12. The van der Waals surface area contributed by atoms with E-state index in [0.717, 1.165) is 122 Å². The molecule has 11 rings (SSSR count). The molecule has 5 aliphatic heterocycles. The van der Waals surface area contributed by atoms with Gasteiger partial charge in [-0.05, 0) is 182 Å². The Labute approximate surface area is 617 Å². The molecule has 0 radical (unpaired) electrons. The van der Waals surface area contributed by atoms with Crippen molar-refractivity contribution in [1.82, 2.24) is 25.3 Å². The third kappa shape index (κ3) is 28.8. The number of thiophene rings is 3. The number of ketones is 3. The number of benzene rings is 3. The van der Waals surface area contributed by atoms with Crippen molar-refractivity contribution in [2.75, 3.05) is 65.4 Å². The number of hydrogen-bond donors (Lipinski definition) is 4. The zero-order valence-corrected chi connectivity index (χ0v) is 63.0. The van der Waals surface area contributed by atoms with Crippen molar-refractivity contribution in [2.45, 2.75) is 154 Å². The Morgan fingerprint density at radius 2 is 1.09 bits per heavy atom. The number of nitrogens with zero attached hydrogens (tertiary/aromatic N) is 3. The molecule has 14 nitrogen and oxygen atoms in total. The molecule has 0 atom stereocenters. The van der Waals surface area contributed by atoms with Crippen LogP contribution in [0.5, 0.6) is 0 Å². The molecule has 3 aromatic carbocycles. The molecule has 4 fully saturated rings. The predicted octanol–water partition coefficient (Wildman–Crippen LogP) is 15.7. The van der Waals surface area contributed by atoms with E-state index in [1.807, 2.05) is 102 Å². The molecular weight excluding hydrogens is 1400 g/mol. The van der Waals surface area contributed by atoms with E-state index in [1.54, 1.807) is 57.0 Å². The van der Waals surface area contributed by atoms with Crippen LogP contribution >= 0.6 is 70.4 Å². The summed E-state index contributed by atoms with van der Waals surface area (Å²) in [5.74, 6) is 12.2. The monoisotopic (exact) mass is 1490 g/mol. The number of rotatable bonds is 11. The number of amides is 2. The van der Waals surface area contributed by atoms with E-state index in [4.69, 9.17) is 21.1 Å². The Morgan fingerprint density at radius 1 is 0.610 bits per heavy atom. The molecule has 0 bridgehead atoms. The van der Waals surface area contributed by atoms with Gasteiger partial charge < -0.3 is 40.1 Å². The smallest absolute Gasteiger partial charge is 0.410 e. The van der Waals surface area contributed by atoms with Gasteiger partial charge in [-0.1, -0.05) is 102 Å². The summed E-state index contributed by atoms with van der Waals surface area (Å²) in [6, 6.07) is 29.6. The summed E-state index contributed by atoms with van der Waals surface area (Å²) in [7, 11) is 0. The maximum Gasteiger partial charge on any atom is 0.410 e. The number of Topliss-reactive ketones (excluding diaryl/α,β-unsaturated/α-hetero) is 3. The van der Waals surface area contributed by atoms with Crippen LogP contribution in [-0.2, 0) is 38.4 Å². The maximum atomic E-state index is 13.5. The lowest BCUT2D eigenvalue weighted by molar-refractivity contribution is -0.123. The number of ether oxygens (including phenoxy) is 2. The van der Waals surface area contributed by atoms with Crippen molar-refractivity contribution in [3.63, 3.8) is 0 Å². The normalized spacial score (nSPS) is 16.7. The second-order valence-corrected chi connectivity index (χ2v) is 30.2. The highest BCUT2D eigenvalue weighted by Gasteiger charge is 2.36. The minimum absolute atomic E-state index is 0. The lowest BCUT2D eigenvalue weighted by atomic mass is 9.90. The molecular formula is C77H95Cl3F3N5O9S3. The quantitative estimate of drug-likeness (QED) is 0.0714. The molecule has 0 saturated carbocycles. The zero-order valence-electron chi connectivity index (χ0n) is 58.1. The van der Waals surface area contributed by atoms with E-state index in [-0.39, 0.29) is 88.9 Å². The van der Waals surface area contributed by atoms with Crippen LogP contribution < -0.4 is 10.6 Å². The highest BCUT2D eigenvalue weighted by atomic mass is 35.5. The number of carbonyl (C=O) groups is 5. The standard InChI is InChI=1S/C19H25NO3.C18H22FNO3.C18H18FNOS.C11H14ClNOS.C11H14FNOS.2ClH/c1-15-7-5-6-8-16(15)9-10-19(22)11-13-20(14-12-19)17(21)23-18(2,3)4;1-17(2,3)23-16(21)20-12-10-18(22,11-13-20)9-8-14-6-4-5-7-15(14)19;19-18-16(8-11-22-18)12-17(21)15-6-9-20(10-7-15)13-14-4-2-1-3-5-14;12-9-3-6-15-11(9)10(14)7-8-1-4-13-5-2-8;12-11-9(3-6-15-11)7-10(14)8-1-4-13-5-2-8;;/h5-8,22H,11-14H2,1-4H3;4-7,22H,10-13H2,1-3H3;1-6,8,11H,7,9-10,12-13H2;2*3,6,8,13H,1-2,4-5,7H2;2*1H. The largest absolute Gasteiger partial charge is 0.444 e. The van der Waals surface area contributed by atoms with Crippen LogP contribution in [0.4, 0.5) is 22.8 Å². The van der Waals surface area contributed by atoms with Crippen molar-refractivity contribution in [3.8, 4) is 23.7 Å². The third-order valence-electron chi connectivity index (χ3n) is 17.0. The fraction of sp³-hybridized carbons (Fsp3) is 0.468. The van der Waals surface area contributed by atoms with Crippen molar-refractivity contribution in [1.29, 1.82) is 0 Å². The first-order chi connectivity index (χ1) is 46.6. The lowest BCUT2D eigenvalue weighted by Gasteiger charge is -2.35. The molecule has 3 aromatic heterocycles. The average molecular weight is 1490 g/mol. The molecule has 5 aliphatic rings. The molecule has 4 N–H and O–H groups in total. The minimum Gasteiger partial charge on any atom is -0.444 e. The number of halogens is 6. The molecule has 6 aromatic rings. The first-order valence-electron chi connectivity index (χ1n) is 33.5. The van der Waals surface area contributed by atoms with Crippen LogP contribution in [0.2, 0.25) is 5.02 Å². The summed E-state index contributed by atoms with van der Waals surface area (Å²) in [5, 5.41) is 33.0. The van der Waals surface area contributed by atoms with E-state index >= 15 is 0 Å². The molecule has 2 amide bonds. The van der Waals surface area contributed by atoms with Gasteiger partial charge in [0.15, 0.2) is 21.8 Å². The number of aryl methyl sites for hydroxylation is 1.